The molecule has 6 aromatic rings. The number of piperidine rings is 3. The molecule has 438 valence electrons. The molecule has 3 fully saturated rings. The van der Waals surface area contributed by atoms with Gasteiger partial charge in [-0.05, 0) is 66.2 Å². The standard InChI is InChI=1S/C19H26N8O3.C17H25N9O2.C15H22N8O/c1-11(2)30-19(29)24-14-6-5-7-27(12(14)3)15-9-21-16(17(20)28)18(25-15)23-13-8-22-26(4)10-13;1-10-12(23-17(28)19-2)5-4-6-26(10)13-8-20-14(15(18)27)16(24-13)22-11-7-21-25(3)9-11;1-9-11(16)4-3-5-23(9)12-7-18-13(14(17)24)15(21-12)20-10-6-19-22(2)8-10/h8-10,12,14H,1,5-7H2,2-4H3,(H2,20,28)(H,23,25)(H,24,29);7-10,12H,4-6H2,1-3H3,(H2,18,27)(H,22,24)(H2,19,23,28);6-9,11H,3-5,16H2,1-2H3,(H2,17,24)(H,20,21)/t12-,14-;10-,12-;9-,11-/m111/s1. The van der Waals surface area contributed by atoms with Gasteiger partial charge in [0.05, 0.1) is 72.1 Å². The molecular formula is C51H73N25O6. The van der Waals surface area contributed by atoms with Crippen LogP contribution in [0.2, 0.25) is 0 Å². The van der Waals surface area contributed by atoms with Crippen LogP contribution in [-0.4, -0.2) is 152 Å². The number of carbonyl (C=O) groups is 5. The molecule has 0 radical (unpaired) electrons. The van der Waals surface area contributed by atoms with E-state index in [0.717, 1.165) is 58.2 Å². The van der Waals surface area contributed by atoms with Crippen LogP contribution in [0.1, 0.15) is 97.7 Å². The Kier molecular flexibility index (Phi) is 19.7. The van der Waals surface area contributed by atoms with Gasteiger partial charge in [0.1, 0.15) is 17.5 Å². The number of alkyl carbamates (subject to hydrolysis) is 1. The van der Waals surface area contributed by atoms with Gasteiger partial charge < -0.3 is 74.3 Å². The topological polar surface area (TPSA) is 411 Å². The molecule has 6 amide bonds. The lowest BCUT2D eigenvalue weighted by atomic mass is 9.97. The van der Waals surface area contributed by atoms with Gasteiger partial charge in [-0.2, -0.15) is 15.3 Å². The first-order valence-electron chi connectivity index (χ1n) is 26.5. The summed E-state index contributed by atoms with van der Waals surface area (Å²) in [4.78, 5) is 91.5. The summed E-state index contributed by atoms with van der Waals surface area (Å²) >= 11 is 0. The molecule has 31 heteroatoms. The van der Waals surface area contributed by atoms with Gasteiger partial charge >= 0.3 is 12.1 Å². The number of rotatable bonds is 15. The van der Waals surface area contributed by atoms with Crippen LogP contribution < -0.4 is 69.5 Å². The van der Waals surface area contributed by atoms with E-state index in [9.17, 15) is 24.0 Å². The highest BCUT2D eigenvalue weighted by Gasteiger charge is 2.33. The van der Waals surface area contributed by atoms with E-state index >= 15 is 0 Å². The van der Waals surface area contributed by atoms with Crippen molar-refractivity contribution < 1.29 is 28.7 Å². The van der Waals surface area contributed by atoms with E-state index in [1.807, 2.05) is 18.7 Å². The number of aryl methyl sites for hydroxylation is 3. The number of hydrogen-bond acceptors (Lipinski definition) is 22. The monoisotopic (exact) mass is 1130 g/mol. The summed E-state index contributed by atoms with van der Waals surface area (Å²) in [5.41, 5.74) is 24.7. The van der Waals surface area contributed by atoms with Crippen LogP contribution in [0.25, 0.3) is 0 Å². The number of primary amides is 3. The van der Waals surface area contributed by atoms with Crippen LogP contribution in [0.4, 0.5) is 61.6 Å². The van der Waals surface area contributed by atoms with Crippen molar-refractivity contribution in [1.82, 2.24) is 75.2 Å². The number of carbonyl (C=O) groups excluding carboxylic acids is 5. The van der Waals surface area contributed by atoms with E-state index in [-0.39, 0.29) is 71.0 Å². The lowest BCUT2D eigenvalue weighted by Gasteiger charge is -2.40. The van der Waals surface area contributed by atoms with Crippen LogP contribution in [0.15, 0.2) is 68.1 Å². The fourth-order valence-corrected chi connectivity index (χ4v) is 9.62. The number of nitrogens with one attached hydrogen (secondary N) is 6. The molecule has 6 aromatic heterocycles. The largest absolute Gasteiger partial charge is 0.416 e. The second kappa shape index (κ2) is 27.0. The maximum Gasteiger partial charge on any atom is 0.412 e. The zero-order valence-corrected chi connectivity index (χ0v) is 47.2. The van der Waals surface area contributed by atoms with Crippen molar-refractivity contribution in [3.05, 3.63) is 85.2 Å². The number of aromatic nitrogens is 12. The Morgan fingerprint density at radius 3 is 1.24 bits per heavy atom. The molecule has 9 rings (SSSR count). The number of nitrogens with two attached hydrogens (primary N) is 4. The molecule has 0 unspecified atom stereocenters. The molecule has 31 nitrogen and oxygen atoms in total. The van der Waals surface area contributed by atoms with Gasteiger partial charge in [0.15, 0.2) is 34.5 Å². The summed E-state index contributed by atoms with van der Waals surface area (Å²) in [6.07, 6.45) is 19.6. The van der Waals surface area contributed by atoms with Crippen molar-refractivity contribution in [3.8, 4) is 0 Å². The van der Waals surface area contributed by atoms with Gasteiger partial charge in [-0.25, -0.2) is 39.5 Å². The highest BCUT2D eigenvalue weighted by molar-refractivity contribution is 5.97. The fraction of sp³-hybridized carbons (Fsp3) is 0.451. The summed E-state index contributed by atoms with van der Waals surface area (Å²) in [5, 5.41) is 29.9. The summed E-state index contributed by atoms with van der Waals surface area (Å²) in [7, 11) is 6.96. The van der Waals surface area contributed by atoms with Crippen molar-refractivity contribution >= 4 is 81.8 Å². The molecule has 3 aliphatic heterocycles. The van der Waals surface area contributed by atoms with Gasteiger partial charge in [0.2, 0.25) is 0 Å². The van der Waals surface area contributed by atoms with Gasteiger partial charge in [0.25, 0.3) is 17.7 Å². The zero-order valence-electron chi connectivity index (χ0n) is 47.2. The predicted octanol–water partition coefficient (Wildman–Crippen LogP) is 2.38. The molecule has 3 aliphatic rings. The lowest BCUT2D eigenvalue weighted by molar-refractivity contribution is 0.0987. The maximum absolute atomic E-state index is 12.0. The zero-order chi connectivity index (χ0) is 59.4. The molecule has 0 spiro atoms. The minimum absolute atomic E-state index is 0.00557. The number of anilines is 9. The van der Waals surface area contributed by atoms with E-state index in [0.29, 0.717) is 46.1 Å². The third kappa shape index (κ3) is 15.4. The Bertz CT molecular complexity index is 3230. The normalized spacial score (nSPS) is 19.5. The molecule has 0 aromatic carbocycles. The van der Waals surface area contributed by atoms with Gasteiger partial charge in [-0.1, -0.05) is 6.58 Å². The number of amides is 6. The molecular weight excluding hydrogens is 1060 g/mol. The van der Waals surface area contributed by atoms with E-state index in [2.05, 4.69) is 100 Å². The van der Waals surface area contributed by atoms with Crippen LogP contribution in [0.3, 0.4) is 0 Å². The van der Waals surface area contributed by atoms with Crippen molar-refractivity contribution in [1.29, 1.82) is 0 Å². The number of nitrogens with zero attached hydrogens (tertiary/aromatic N) is 15. The Labute approximate surface area is 473 Å². The third-order valence-corrected chi connectivity index (χ3v) is 13.9. The average Bonchev–Trinajstić information content (AvgIpc) is 4.20. The second-order valence-corrected chi connectivity index (χ2v) is 20.0. The molecule has 6 atom stereocenters. The predicted molar refractivity (Wildman–Crippen MR) is 307 cm³/mol. The Hall–Kier alpha value is -9.68. The average molecular weight is 1130 g/mol. The Morgan fingerprint density at radius 2 is 0.915 bits per heavy atom. The van der Waals surface area contributed by atoms with E-state index < -0.39 is 23.8 Å². The smallest absolute Gasteiger partial charge is 0.412 e. The van der Waals surface area contributed by atoms with Crippen LogP contribution in [0, 0.1) is 0 Å². The van der Waals surface area contributed by atoms with Gasteiger partial charge in [-0.15, -0.1) is 0 Å². The van der Waals surface area contributed by atoms with E-state index in [4.69, 9.17) is 27.7 Å². The highest BCUT2D eigenvalue weighted by atomic mass is 16.6. The number of urea groups is 1. The summed E-state index contributed by atoms with van der Waals surface area (Å²) < 4.78 is 9.91. The molecule has 82 heavy (non-hydrogen) atoms. The van der Waals surface area contributed by atoms with Crippen molar-refractivity contribution in [3.63, 3.8) is 0 Å². The molecule has 0 bridgehead atoms. The summed E-state index contributed by atoms with van der Waals surface area (Å²) in [6, 6.07) is -0.209. The molecule has 9 heterocycles. The highest BCUT2D eigenvalue weighted by Crippen LogP contribution is 2.30. The number of allylic oxidation sites excluding steroid dienone is 1. The molecule has 0 saturated carbocycles. The van der Waals surface area contributed by atoms with Gasteiger partial charge in [-0.3, -0.25) is 28.4 Å². The van der Waals surface area contributed by atoms with Crippen molar-refractivity contribution in [2.24, 2.45) is 44.1 Å². The Balaban J connectivity index is 0.000000178. The van der Waals surface area contributed by atoms with Gasteiger partial charge in [0, 0.05) is 90.6 Å². The quantitative estimate of drug-likeness (QED) is 0.0660. The fourth-order valence-electron chi connectivity index (χ4n) is 9.62. The number of hydrogen-bond donors (Lipinski definition) is 10. The second-order valence-electron chi connectivity index (χ2n) is 20.0. The lowest BCUT2D eigenvalue weighted by Crippen LogP contribution is -2.55. The SMILES string of the molecule is C=C(C)OC(=O)N[C@@H]1CCCN(c2cnc(C(N)=O)c(Nc3cnn(C)c3)n2)[C@@H]1C.CNC(=O)N[C@@H]1CCCN(c2cnc(C(N)=O)c(Nc3cnn(C)c3)n2)[C@@H]1C.C[C@@H]1[C@H](N)CCCN1c1cnc(C(N)=O)c(Nc2cnn(C)c2)n1. The van der Waals surface area contributed by atoms with Crippen molar-refractivity contribution in [2.45, 2.75) is 102 Å². The molecule has 14 N–H and O–H groups in total. The molecule has 3 saturated heterocycles. The first-order chi connectivity index (χ1) is 39.1. The summed E-state index contributed by atoms with van der Waals surface area (Å²) in [5.74, 6) is 1.02. The number of ether oxygens (including phenoxy) is 1. The Morgan fingerprint density at radius 1 is 0.561 bits per heavy atom. The summed E-state index contributed by atoms with van der Waals surface area (Å²) in [6.45, 7) is 13.6. The molecule has 0 aliphatic carbocycles. The van der Waals surface area contributed by atoms with Crippen LogP contribution in [0.5, 0.6) is 0 Å². The van der Waals surface area contributed by atoms with Crippen molar-refractivity contribution in [2.75, 3.05) is 57.3 Å². The first kappa shape index (κ1) is 60.0. The maximum atomic E-state index is 12.0. The minimum Gasteiger partial charge on any atom is -0.416 e. The van der Waals surface area contributed by atoms with E-state index in [1.54, 1.807) is 92.5 Å². The first-order valence-corrected chi connectivity index (χ1v) is 26.5. The van der Waals surface area contributed by atoms with Crippen LogP contribution >= 0.6 is 0 Å². The third-order valence-electron chi connectivity index (χ3n) is 13.9. The minimum atomic E-state index is -0.686. The van der Waals surface area contributed by atoms with Crippen LogP contribution in [-0.2, 0) is 25.9 Å². The van der Waals surface area contributed by atoms with E-state index in [1.165, 1.54) is 12.4 Å².